The summed E-state index contributed by atoms with van der Waals surface area (Å²) < 4.78 is 38.3. The van der Waals surface area contributed by atoms with Gasteiger partial charge < -0.3 is 15.2 Å². The smallest absolute Gasteiger partial charge is 0.294 e. The maximum atomic E-state index is 13.2. The maximum absolute atomic E-state index is 13.2. The van der Waals surface area contributed by atoms with E-state index < -0.39 is 26.7 Å². The lowest BCUT2D eigenvalue weighted by atomic mass is 10.0. The van der Waals surface area contributed by atoms with Gasteiger partial charge in [-0.2, -0.15) is 13.5 Å². The molecule has 0 aromatic heterocycles. The van der Waals surface area contributed by atoms with Gasteiger partial charge in [-0.1, -0.05) is 54.4 Å². The van der Waals surface area contributed by atoms with Crippen molar-refractivity contribution in [3.05, 3.63) is 81.8 Å². The monoisotopic (exact) mass is 587 g/mol. The Hall–Kier alpha value is -3.70. The summed E-state index contributed by atoms with van der Waals surface area (Å²) in [6.07, 6.45) is 0.388. The van der Waals surface area contributed by atoms with E-state index in [2.05, 4.69) is 15.5 Å². The lowest BCUT2D eigenvalue weighted by Crippen LogP contribution is -2.12. The molecule has 0 bridgehead atoms. The molecule has 39 heavy (non-hydrogen) atoms. The first-order valence-electron chi connectivity index (χ1n) is 11.7. The number of rotatable bonds is 8. The molecule has 0 saturated carbocycles. The molecule has 4 rings (SSSR count). The summed E-state index contributed by atoms with van der Waals surface area (Å²) in [7, 11) is -4.56. The van der Waals surface area contributed by atoms with E-state index in [1.54, 1.807) is 43.3 Å². The van der Waals surface area contributed by atoms with Gasteiger partial charge >= 0.3 is 0 Å². The Labute approximate surface area is 234 Å². The van der Waals surface area contributed by atoms with Crippen molar-refractivity contribution in [3.63, 3.8) is 0 Å². The van der Waals surface area contributed by atoms with Gasteiger partial charge in [-0.3, -0.25) is 9.35 Å². The van der Waals surface area contributed by atoms with E-state index in [-0.39, 0.29) is 22.0 Å². The van der Waals surface area contributed by atoms with Crippen LogP contribution in [-0.2, 0) is 16.5 Å². The van der Waals surface area contributed by atoms with E-state index in [0.29, 0.717) is 45.8 Å². The van der Waals surface area contributed by atoms with Gasteiger partial charge in [-0.25, -0.2) is 0 Å². The highest BCUT2D eigenvalue weighted by molar-refractivity contribution is 7.85. The topological polar surface area (TPSA) is 138 Å². The summed E-state index contributed by atoms with van der Waals surface area (Å²) in [6.45, 7) is 4.05. The number of phenols is 1. The normalized spacial score (nSPS) is 11.7. The van der Waals surface area contributed by atoms with Crippen LogP contribution in [0.4, 0.5) is 17.1 Å². The van der Waals surface area contributed by atoms with Crippen LogP contribution in [0.15, 0.2) is 75.8 Å². The van der Waals surface area contributed by atoms with Crippen LogP contribution in [0.3, 0.4) is 0 Å². The predicted octanol–water partition coefficient (Wildman–Crippen LogP) is 7.73. The number of carbonyl (C=O) groups excluding carboxylic acids is 1. The maximum Gasteiger partial charge on any atom is 0.294 e. The number of amides is 1. The number of fused-ring (bicyclic) bond motifs is 1. The molecule has 3 N–H and O–H groups in total. The molecule has 0 atom stereocenters. The number of nitrogens with zero attached hydrogens (tertiary/aromatic N) is 2. The van der Waals surface area contributed by atoms with Gasteiger partial charge in [0.25, 0.3) is 16.0 Å². The molecule has 0 radical (unpaired) electrons. The summed E-state index contributed by atoms with van der Waals surface area (Å²) in [5.74, 6) is -0.597. The quantitative estimate of drug-likeness (QED) is 0.142. The number of benzene rings is 4. The molecule has 0 heterocycles. The minimum Gasteiger partial charge on any atom is -0.505 e. The number of aromatic hydroxyl groups is 1. The predicted molar refractivity (Wildman–Crippen MR) is 151 cm³/mol. The molecular weight excluding hydrogens is 565 g/mol. The summed E-state index contributed by atoms with van der Waals surface area (Å²) in [4.78, 5) is 12.7. The second-order valence-corrected chi connectivity index (χ2v) is 10.5. The molecule has 12 heteroatoms. The minimum atomic E-state index is -4.56. The van der Waals surface area contributed by atoms with Crippen LogP contribution in [0.5, 0.6) is 11.5 Å². The Morgan fingerprint density at radius 3 is 2.41 bits per heavy atom. The Morgan fingerprint density at radius 1 is 1.00 bits per heavy atom. The van der Waals surface area contributed by atoms with Crippen molar-refractivity contribution >= 4 is 67.1 Å². The summed E-state index contributed by atoms with van der Waals surface area (Å²) in [5, 5.41) is 23.7. The fraction of sp³-hybridized carbons (Fsp3) is 0.148. The van der Waals surface area contributed by atoms with Crippen molar-refractivity contribution in [2.75, 3.05) is 11.9 Å². The second-order valence-electron chi connectivity index (χ2n) is 8.31. The summed E-state index contributed by atoms with van der Waals surface area (Å²) in [5.41, 5.74) is 0.859. The van der Waals surface area contributed by atoms with Crippen LogP contribution < -0.4 is 10.1 Å². The Morgan fingerprint density at radius 2 is 1.74 bits per heavy atom. The van der Waals surface area contributed by atoms with E-state index in [4.69, 9.17) is 27.9 Å². The third-order valence-electron chi connectivity index (χ3n) is 5.78. The van der Waals surface area contributed by atoms with Crippen LogP contribution >= 0.6 is 23.2 Å². The van der Waals surface area contributed by atoms with E-state index in [1.165, 1.54) is 12.1 Å². The largest absolute Gasteiger partial charge is 0.505 e. The third kappa shape index (κ3) is 6.15. The first-order valence-corrected chi connectivity index (χ1v) is 13.9. The van der Waals surface area contributed by atoms with Gasteiger partial charge in [0, 0.05) is 16.1 Å². The molecular formula is C27H23Cl2N3O6S. The third-order valence-corrected chi connectivity index (χ3v) is 7.25. The van der Waals surface area contributed by atoms with Crippen molar-refractivity contribution in [2.45, 2.75) is 25.2 Å². The van der Waals surface area contributed by atoms with Crippen molar-refractivity contribution in [1.82, 2.24) is 0 Å². The van der Waals surface area contributed by atoms with Crippen LogP contribution in [-0.4, -0.2) is 30.6 Å². The first kappa shape index (κ1) is 28.3. The van der Waals surface area contributed by atoms with Crippen molar-refractivity contribution < 1.29 is 27.6 Å². The lowest BCUT2D eigenvalue weighted by molar-refractivity contribution is 0.102. The van der Waals surface area contributed by atoms with Gasteiger partial charge in [0.1, 0.15) is 11.4 Å². The zero-order valence-corrected chi connectivity index (χ0v) is 23.1. The highest BCUT2D eigenvalue weighted by Gasteiger charge is 2.20. The average Bonchev–Trinajstić information content (AvgIpc) is 2.88. The van der Waals surface area contributed by atoms with Crippen LogP contribution in [0.2, 0.25) is 10.0 Å². The molecule has 202 valence electrons. The fourth-order valence-corrected chi connectivity index (χ4v) is 5.11. The number of ether oxygens (including phenoxy) is 1. The molecule has 9 nitrogen and oxygen atoms in total. The Bertz CT molecular complexity index is 1720. The average molecular weight is 588 g/mol. The molecule has 1 amide bonds. The number of nitrogens with one attached hydrogen (secondary N) is 1. The number of phenolic OH excluding ortho intramolecular Hbond substituents is 1. The molecule has 0 aliphatic rings. The molecule has 0 aliphatic carbocycles. The van der Waals surface area contributed by atoms with E-state index in [1.807, 2.05) is 6.92 Å². The molecule has 4 aromatic carbocycles. The number of carbonyl (C=O) groups is 1. The molecule has 0 aliphatic heterocycles. The molecule has 4 aromatic rings. The highest BCUT2D eigenvalue weighted by Crippen LogP contribution is 2.41. The second kappa shape index (κ2) is 11.6. The highest BCUT2D eigenvalue weighted by atomic mass is 35.5. The Kier molecular flexibility index (Phi) is 8.41. The lowest BCUT2D eigenvalue weighted by Gasteiger charge is -2.12. The molecule has 0 fully saturated rings. The van der Waals surface area contributed by atoms with Gasteiger partial charge in [-0.05, 0) is 60.7 Å². The Balaban J connectivity index is 1.79. The minimum absolute atomic E-state index is 0.0154. The molecule has 0 spiro atoms. The molecule has 0 saturated heterocycles. The van der Waals surface area contributed by atoms with E-state index in [9.17, 15) is 22.9 Å². The van der Waals surface area contributed by atoms with E-state index >= 15 is 0 Å². The SMILES string of the molecule is CCOc1ccc(NC(=O)c2cc3ccccc3c(N=Nc3cc(S(=O)(=O)O)cc(Cl)c3CC)c2O)cc1Cl. The van der Waals surface area contributed by atoms with Crippen LogP contribution in [0, 0.1) is 0 Å². The van der Waals surface area contributed by atoms with Crippen molar-refractivity contribution in [3.8, 4) is 11.5 Å². The van der Waals surface area contributed by atoms with Crippen LogP contribution in [0.1, 0.15) is 29.8 Å². The zero-order valence-electron chi connectivity index (χ0n) is 20.8. The fourth-order valence-electron chi connectivity index (χ4n) is 3.93. The number of azo groups is 1. The standard InChI is InChI=1S/C27H23Cl2N3O6S/c1-3-18-21(28)13-17(39(35,36)37)14-23(18)31-32-25-19-8-6-5-7-15(19)11-20(26(25)33)27(34)30-16-9-10-24(38-4-2)22(29)12-16/h5-14,33H,3-4H2,1-2H3,(H,30,34)(H,35,36,37). The van der Waals surface area contributed by atoms with Gasteiger partial charge in [0.05, 0.1) is 27.8 Å². The number of halogens is 2. The summed E-state index contributed by atoms with van der Waals surface area (Å²) in [6, 6.07) is 15.5. The molecule has 0 unspecified atom stereocenters. The number of hydrogen-bond donors (Lipinski definition) is 3. The van der Waals surface area contributed by atoms with E-state index in [0.717, 1.165) is 12.1 Å². The van der Waals surface area contributed by atoms with Crippen molar-refractivity contribution in [1.29, 1.82) is 0 Å². The van der Waals surface area contributed by atoms with Crippen LogP contribution in [0.25, 0.3) is 10.8 Å². The zero-order chi connectivity index (χ0) is 28.3. The number of anilines is 1. The van der Waals surface area contributed by atoms with Gasteiger partial charge in [0.2, 0.25) is 0 Å². The summed E-state index contributed by atoms with van der Waals surface area (Å²) >= 11 is 12.5. The van der Waals surface area contributed by atoms with Gasteiger partial charge in [-0.15, -0.1) is 5.11 Å². The van der Waals surface area contributed by atoms with Crippen molar-refractivity contribution in [2.24, 2.45) is 10.2 Å². The van der Waals surface area contributed by atoms with Gasteiger partial charge in [0.15, 0.2) is 5.75 Å². The number of hydrogen-bond acceptors (Lipinski definition) is 7. The first-order chi connectivity index (χ1) is 18.5.